The van der Waals surface area contributed by atoms with Crippen LogP contribution in [0.1, 0.15) is 0 Å². The van der Waals surface area contributed by atoms with E-state index in [1.165, 1.54) is 26.4 Å². The lowest BCUT2D eigenvalue weighted by molar-refractivity contribution is 0.488. The molecular weight excluding hydrogens is 338 g/mol. The molecule has 0 N–H and O–H groups in total. The van der Waals surface area contributed by atoms with E-state index >= 15 is 0 Å². The zero-order valence-electron chi connectivity index (χ0n) is 13.8. The van der Waals surface area contributed by atoms with Gasteiger partial charge in [-0.3, -0.25) is 4.98 Å². The molecule has 0 saturated heterocycles. The maximum atomic E-state index is 6.43. The fourth-order valence-corrected chi connectivity index (χ4v) is 4.75. The number of benzene rings is 3. The Balaban J connectivity index is 1.70. The second-order valence-corrected chi connectivity index (χ2v) is 7.36. The number of hydrogen-bond donors (Lipinski definition) is 0. The van der Waals surface area contributed by atoms with Gasteiger partial charge in [-0.25, -0.2) is 0 Å². The highest BCUT2D eigenvalue weighted by atomic mass is 32.1. The molecule has 0 aliphatic carbocycles. The minimum atomic E-state index is 0.895. The summed E-state index contributed by atoms with van der Waals surface area (Å²) < 4.78 is 7.62. The smallest absolute Gasteiger partial charge is 0.144 e. The first-order valence-electron chi connectivity index (χ1n) is 8.56. The Morgan fingerprint density at radius 2 is 1.54 bits per heavy atom. The standard InChI is InChI=1S/C23H13NOS/c1-4-14-5-2-9-19-20(14)16(6-1)17-7-3-8-18(22(17)25-19)21-23-15(10-12-24-21)11-13-26-23/h1-13H. The first-order chi connectivity index (χ1) is 12.9. The Hall–Kier alpha value is -3.17. The molecule has 122 valence electrons. The summed E-state index contributed by atoms with van der Waals surface area (Å²) >= 11 is 1.72. The Morgan fingerprint density at radius 1 is 0.731 bits per heavy atom. The Morgan fingerprint density at radius 3 is 2.50 bits per heavy atom. The molecule has 3 heteroatoms. The Kier molecular flexibility index (Phi) is 2.79. The van der Waals surface area contributed by atoms with Crippen molar-refractivity contribution in [2.45, 2.75) is 0 Å². The summed E-state index contributed by atoms with van der Waals surface area (Å²) in [7, 11) is 0. The molecule has 0 spiro atoms. The molecule has 0 radical (unpaired) electrons. The predicted molar refractivity (Wildman–Crippen MR) is 108 cm³/mol. The number of rotatable bonds is 1. The number of fused-ring (bicyclic) bond motifs is 3. The fraction of sp³-hybridized carbons (Fsp3) is 0. The summed E-state index contributed by atoms with van der Waals surface area (Å²) in [6.07, 6.45) is 1.88. The fourth-order valence-electron chi connectivity index (χ4n) is 3.86. The lowest BCUT2D eigenvalue weighted by atomic mass is 9.92. The van der Waals surface area contributed by atoms with Crippen molar-refractivity contribution in [1.82, 2.24) is 4.98 Å². The van der Waals surface area contributed by atoms with E-state index in [0.717, 1.165) is 28.3 Å². The van der Waals surface area contributed by atoms with Gasteiger partial charge in [-0.2, -0.15) is 0 Å². The first-order valence-corrected chi connectivity index (χ1v) is 9.44. The lowest BCUT2D eigenvalue weighted by Gasteiger charge is -2.23. The first kappa shape index (κ1) is 14.0. The molecule has 0 saturated carbocycles. The number of pyridine rings is 1. The zero-order valence-corrected chi connectivity index (χ0v) is 14.6. The van der Waals surface area contributed by atoms with Gasteiger partial charge in [0.2, 0.25) is 0 Å². The molecule has 6 rings (SSSR count). The number of ether oxygens (including phenoxy) is 1. The average molecular weight is 351 g/mol. The average Bonchev–Trinajstić information content (AvgIpc) is 3.17. The minimum Gasteiger partial charge on any atom is -0.455 e. The summed E-state index contributed by atoms with van der Waals surface area (Å²) in [5.41, 5.74) is 4.38. The lowest BCUT2D eigenvalue weighted by Crippen LogP contribution is -1.99. The van der Waals surface area contributed by atoms with E-state index < -0.39 is 0 Å². The van der Waals surface area contributed by atoms with Crippen molar-refractivity contribution in [2.75, 3.05) is 0 Å². The van der Waals surface area contributed by atoms with Gasteiger partial charge in [0.15, 0.2) is 0 Å². The molecule has 0 atom stereocenters. The molecule has 0 unspecified atom stereocenters. The topological polar surface area (TPSA) is 22.1 Å². The van der Waals surface area contributed by atoms with E-state index in [4.69, 9.17) is 9.72 Å². The number of para-hydroxylation sites is 1. The highest BCUT2D eigenvalue weighted by Crippen LogP contribution is 2.50. The second kappa shape index (κ2) is 5.16. The normalized spacial score (nSPS) is 12.2. The Labute approximate surface area is 154 Å². The quantitative estimate of drug-likeness (QED) is 0.322. The van der Waals surface area contributed by atoms with E-state index in [-0.39, 0.29) is 0 Å². The van der Waals surface area contributed by atoms with Crippen LogP contribution >= 0.6 is 11.3 Å². The second-order valence-electron chi connectivity index (χ2n) is 6.44. The largest absolute Gasteiger partial charge is 0.455 e. The van der Waals surface area contributed by atoms with Crippen molar-refractivity contribution in [1.29, 1.82) is 0 Å². The third kappa shape index (κ3) is 1.83. The molecule has 2 aromatic heterocycles. The van der Waals surface area contributed by atoms with E-state index in [2.05, 4.69) is 60.0 Å². The van der Waals surface area contributed by atoms with Crippen LogP contribution in [0.5, 0.6) is 11.5 Å². The van der Waals surface area contributed by atoms with Gasteiger partial charge in [-0.15, -0.1) is 11.3 Å². The van der Waals surface area contributed by atoms with E-state index in [0.29, 0.717) is 0 Å². The van der Waals surface area contributed by atoms with Gasteiger partial charge >= 0.3 is 0 Å². The number of hydrogen-bond acceptors (Lipinski definition) is 3. The van der Waals surface area contributed by atoms with Crippen LogP contribution in [-0.2, 0) is 0 Å². The Bertz CT molecular complexity index is 1310. The highest BCUT2D eigenvalue weighted by Gasteiger charge is 2.23. The number of aromatic nitrogens is 1. The van der Waals surface area contributed by atoms with Crippen molar-refractivity contribution < 1.29 is 4.74 Å². The van der Waals surface area contributed by atoms with E-state index in [9.17, 15) is 0 Å². The summed E-state index contributed by atoms with van der Waals surface area (Å²) in [6.45, 7) is 0. The van der Waals surface area contributed by atoms with Crippen LogP contribution in [0.15, 0.2) is 78.3 Å². The zero-order chi connectivity index (χ0) is 17.1. The van der Waals surface area contributed by atoms with E-state index in [1.54, 1.807) is 11.3 Å². The molecule has 26 heavy (non-hydrogen) atoms. The summed E-state index contributed by atoms with van der Waals surface area (Å²) in [5, 5.41) is 5.72. The summed E-state index contributed by atoms with van der Waals surface area (Å²) in [5.74, 6) is 1.81. The minimum absolute atomic E-state index is 0.895. The van der Waals surface area contributed by atoms with Gasteiger partial charge in [-0.1, -0.05) is 42.5 Å². The van der Waals surface area contributed by atoms with Crippen LogP contribution in [0.25, 0.3) is 43.2 Å². The molecule has 3 heterocycles. The van der Waals surface area contributed by atoms with Gasteiger partial charge in [0.1, 0.15) is 11.5 Å². The molecule has 1 aliphatic rings. The third-order valence-corrected chi connectivity index (χ3v) is 5.94. The maximum absolute atomic E-state index is 6.43. The predicted octanol–water partition coefficient (Wildman–Crippen LogP) is 6.89. The maximum Gasteiger partial charge on any atom is 0.144 e. The molecule has 5 aromatic rings. The van der Waals surface area contributed by atoms with Crippen molar-refractivity contribution >= 4 is 32.2 Å². The van der Waals surface area contributed by atoms with Gasteiger partial charge in [0.05, 0.1) is 10.4 Å². The van der Waals surface area contributed by atoms with Crippen molar-refractivity contribution in [3.63, 3.8) is 0 Å². The molecule has 0 amide bonds. The molecule has 2 nitrogen and oxygen atoms in total. The van der Waals surface area contributed by atoms with Crippen LogP contribution in [0.3, 0.4) is 0 Å². The summed E-state index contributed by atoms with van der Waals surface area (Å²) in [6, 6.07) is 23.2. The monoisotopic (exact) mass is 351 g/mol. The van der Waals surface area contributed by atoms with Gasteiger partial charge in [0, 0.05) is 22.7 Å². The molecule has 3 aromatic carbocycles. The van der Waals surface area contributed by atoms with Crippen LogP contribution in [0, 0.1) is 0 Å². The van der Waals surface area contributed by atoms with E-state index in [1.807, 2.05) is 18.3 Å². The van der Waals surface area contributed by atoms with Crippen LogP contribution in [-0.4, -0.2) is 4.98 Å². The highest BCUT2D eigenvalue weighted by molar-refractivity contribution is 7.17. The van der Waals surface area contributed by atoms with Gasteiger partial charge in [0.25, 0.3) is 0 Å². The van der Waals surface area contributed by atoms with Crippen molar-refractivity contribution in [3.05, 3.63) is 78.3 Å². The van der Waals surface area contributed by atoms with Crippen molar-refractivity contribution in [2.24, 2.45) is 0 Å². The number of thiophene rings is 1. The van der Waals surface area contributed by atoms with Crippen LogP contribution in [0.2, 0.25) is 0 Å². The molecule has 0 fully saturated rings. The summed E-state index contributed by atoms with van der Waals surface area (Å²) in [4.78, 5) is 4.69. The van der Waals surface area contributed by atoms with Crippen molar-refractivity contribution in [3.8, 4) is 33.9 Å². The van der Waals surface area contributed by atoms with Gasteiger partial charge < -0.3 is 4.74 Å². The molecule has 0 bridgehead atoms. The number of nitrogens with zero attached hydrogens (tertiary/aromatic N) is 1. The SMILES string of the molecule is c1cc(-c2nccc3ccsc23)c2c(c1)-c1cccc3cccc(c13)O2. The van der Waals surface area contributed by atoms with Crippen LogP contribution in [0.4, 0.5) is 0 Å². The van der Waals surface area contributed by atoms with Gasteiger partial charge in [-0.05, 0) is 46.0 Å². The third-order valence-electron chi connectivity index (χ3n) is 5.01. The molecule has 1 aliphatic heterocycles. The van der Waals surface area contributed by atoms with Crippen LogP contribution < -0.4 is 4.74 Å². The molecular formula is C23H13NOS.